The summed E-state index contributed by atoms with van der Waals surface area (Å²) in [6, 6.07) is 16.3. The molecule has 13 heteroatoms. The second kappa shape index (κ2) is 15.5. The van der Waals surface area contributed by atoms with Gasteiger partial charge in [0.05, 0.1) is 22.6 Å². The van der Waals surface area contributed by atoms with Gasteiger partial charge in [-0.3, -0.25) is 24.0 Å². The minimum Gasteiger partial charge on any atom is -0.495 e. The highest BCUT2D eigenvalue weighted by Gasteiger charge is 2.34. The van der Waals surface area contributed by atoms with E-state index in [9.17, 15) is 28.1 Å². The molecule has 3 aromatic rings. The summed E-state index contributed by atoms with van der Waals surface area (Å²) < 4.78 is 34.6. The van der Waals surface area contributed by atoms with Crippen LogP contribution in [0.5, 0.6) is 5.75 Å². The smallest absolute Gasteiger partial charge is 0.273 e. The summed E-state index contributed by atoms with van der Waals surface area (Å²) in [6.45, 7) is 4.91. The number of anilines is 1. The number of aryl methyl sites for hydroxylation is 1. The van der Waals surface area contributed by atoms with Gasteiger partial charge < -0.3 is 15.0 Å². The van der Waals surface area contributed by atoms with Gasteiger partial charge in [0.1, 0.15) is 18.3 Å². The highest BCUT2D eigenvalue weighted by molar-refractivity contribution is 7.92. The number of rotatable bonds is 15. The number of sulfonamides is 1. The molecule has 0 bridgehead atoms. The summed E-state index contributed by atoms with van der Waals surface area (Å²) in [5.41, 5.74) is 0.765. The van der Waals surface area contributed by atoms with Gasteiger partial charge in [0, 0.05) is 29.7 Å². The fourth-order valence-corrected chi connectivity index (χ4v) is 6.15. The minimum absolute atomic E-state index is 0.0420. The first-order chi connectivity index (χ1) is 20.9. The Labute approximate surface area is 263 Å². The average molecular weight is 645 g/mol. The number of nitro benzene ring substituents is 1. The van der Waals surface area contributed by atoms with Crippen LogP contribution in [0, 0.1) is 17.0 Å². The quantitative estimate of drug-likeness (QED) is 0.137. The van der Waals surface area contributed by atoms with Crippen molar-refractivity contribution in [3.63, 3.8) is 0 Å². The average Bonchev–Trinajstić information content (AvgIpc) is 3.00. The zero-order valence-corrected chi connectivity index (χ0v) is 26.7. The van der Waals surface area contributed by atoms with Crippen LogP contribution in [-0.4, -0.2) is 62.8 Å². The predicted molar refractivity (Wildman–Crippen MR) is 170 cm³/mol. The lowest BCUT2D eigenvalue weighted by molar-refractivity contribution is -0.385. The van der Waals surface area contributed by atoms with E-state index in [-0.39, 0.29) is 34.5 Å². The number of amides is 2. The molecule has 1 atom stereocenters. The van der Waals surface area contributed by atoms with Gasteiger partial charge in [-0.1, -0.05) is 61.3 Å². The predicted octanol–water partition coefficient (Wildman–Crippen LogP) is 5.14. The van der Waals surface area contributed by atoms with Crippen LogP contribution < -0.4 is 14.4 Å². The van der Waals surface area contributed by atoms with Gasteiger partial charge in [0.15, 0.2) is 0 Å². The highest BCUT2D eigenvalue weighted by atomic mass is 35.5. The van der Waals surface area contributed by atoms with E-state index in [1.165, 1.54) is 49.3 Å². The molecule has 0 aliphatic rings. The molecule has 0 saturated heterocycles. The maximum absolute atomic E-state index is 14.2. The molecule has 3 aromatic carbocycles. The molecule has 0 radical (unpaired) electrons. The Bertz CT molecular complexity index is 1590. The molecule has 11 nitrogen and oxygen atoms in total. The number of nitro groups is 1. The lowest BCUT2D eigenvalue weighted by atomic mass is 10.1. The Kier molecular flexibility index (Phi) is 12.1. The van der Waals surface area contributed by atoms with E-state index in [4.69, 9.17) is 16.3 Å². The van der Waals surface area contributed by atoms with E-state index < -0.39 is 44.0 Å². The number of hydrogen-bond acceptors (Lipinski definition) is 7. The molecule has 3 rings (SSSR count). The van der Waals surface area contributed by atoms with Gasteiger partial charge in [-0.25, -0.2) is 8.42 Å². The second-order valence-corrected chi connectivity index (χ2v) is 12.5. The van der Waals surface area contributed by atoms with Crippen molar-refractivity contribution in [3.05, 3.63) is 93.0 Å². The molecule has 0 aliphatic heterocycles. The molecule has 0 aromatic heterocycles. The molecule has 1 N–H and O–H groups in total. The van der Waals surface area contributed by atoms with Crippen LogP contribution >= 0.6 is 11.6 Å². The lowest BCUT2D eigenvalue weighted by Crippen LogP contribution is -2.52. The number of carbonyl (C=O) groups is 2. The van der Waals surface area contributed by atoms with Crippen LogP contribution in [0.1, 0.15) is 37.8 Å². The van der Waals surface area contributed by atoms with Crippen LogP contribution in [0.15, 0.2) is 71.6 Å². The minimum atomic E-state index is -4.59. The SMILES string of the molecule is CCCCNC(=O)[C@H](C)N(CCc1ccccc1)C(=O)CN(c1cc(Cl)ccc1OC)S(=O)(=O)c1ccc(C)c([N+](=O)[O-])c1. The summed E-state index contributed by atoms with van der Waals surface area (Å²) in [6.07, 6.45) is 2.05. The molecule has 0 unspecified atom stereocenters. The first-order valence-electron chi connectivity index (χ1n) is 14.1. The van der Waals surface area contributed by atoms with Gasteiger partial charge in [-0.2, -0.15) is 0 Å². The second-order valence-electron chi connectivity index (χ2n) is 10.2. The standard InChI is InChI=1S/C31H37ClN4O7S/c1-5-6-17-33-31(38)23(3)34(18-16-24-10-8-7-9-11-24)30(37)21-35(28-19-25(32)13-15-29(28)43-4)44(41,42)26-14-12-22(2)27(20-26)36(39)40/h7-15,19-20,23H,5-6,16-18,21H2,1-4H3,(H,33,38)/t23-/m0/s1. The number of nitrogens with one attached hydrogen (secondary N) is 1. The van der Waals surface area contributed by atoms with Crippen LogP contribution in [0.25, 0.3) is 0 Å². The first kappa shape index (κ1) is 34.3. The van der Waals surface area contributed by atoms with Gasteiger partial charge in [0.2, 0.25) is 11.8 Å². The normalized spacial score (nSPS) is 11.8. The number of methoxy groups -OCH3 is 1. The summed E-state index contributed by atoms with van der Waals surface area (Å²) in [5, 5.41) is 14.6. The molecule has 0 aliphatic carbocycles. The maximum Gasteiger partial charge on any atom is 0.273 e. The molecular weight excluding hydrogens is 608 g/mol. The van der Waals surface area contributed by atoms with Gasteiger partial charge >= 0.3 is 0 Å². The van der Waals surface area contributed by atoms with Gasteiger partial charge in [-0.15, -0.1) is 0 Å². The van der Waals surface area contributed by atoms with Crippen molar-refractivity contribution in [3.8, 4) is 5.75 Å². The Morgan fingerprint density at radius 1 is 1.09 bits per heavy atom. The Hall–Kier alpha value is -4.16. The van der Waals surface area contributed by atoms with Crippen molar-refractivity contribution in [2.45, 2.75) is 51.0 Å². The lowest BCUT2D eigenvalue weighted by Gasteiger charge is -2.32. The van der Waals surface area contributed by atoms with Crippen LogP contribution in [0.2, 0.25) is 5.02 Å². The van der Waals surface area contributed by atoms with Crippen molar-refractivity contribution in [1.29, 1.82) is 0 Å². The Morgan fingerprint density at radius 3 is 2.43 bits per heavy atom. The molecule has 0 spiro atoms. The number of nitrogens with zero attached hydrogens (tertiary/aromatic N) is 3. The zero-order chi connectivity index (χ0) is 32.4. The van der Waals surface area contributed by atoms with E-state index in [1.54, 1.807) is 6.92 Å². The summed E-state index contributed by atoms with van der Waals surface area (Å²) in [7, 11) is -3.26. The van der Waals surface area contributed by atoms with E-state index in [0.29, 0.717) is 13.0 Å². The summed E-state index contributed by atoms with van der Waals surface area (Å²) in [4.78, 5) is 39.1. The van der Waals surface area contributed by atoms with E-state index in [2.05, 4.69) is 5.32 Å². The van der Waals surface area contributed by atoms with Crippen molar-refractivity contribution in [2.24, 2.45) is 0 Å². The number of ether oxygens (including phenoxy) is 1. The van der Waals surface area contributed by atoms with Gasteiger partial charge in [0.25, 0.3) is 15.7 Å². The summed E-state index contributed by atoms with van der Waals surface area (Å²) >= 11 is 6.26. The number of halogens is 1. The largest absolute Gasteiger partial charge is 0.495 e. The third-order valence-electron chi connectivity index (χ3n) is 7.13. The fraction of sp³-hybridized carbons (Fsp3) is 0.355. The molecular formula is C31H37ClN4O7S. The number of carbonyl (C=O) groups excluding carboxylic acids is 2. The van der Waals surface area contributed by atoms with Gasteiger partial charge in [-0.05, 0) is 56.5 Å². The van der Waals surface area contributed by atoms with E-state index >= 15 is 0 Å². The van der Waals surface area contributed by atoms with Crippen LogP contribution in [-0.2, 0) is 26.0 Å². The topological polar surface area (TPSA) is 139 Å². The maximum atomic E-state index is 14.2. The molecule has 0 saturated carbocycles. The van der Waals surface area contributed by atoms with E-state index in [1.807, 2.05) is 37.3 Å². The monoisotopic (exact) mass is 644 g/mol. The highest BCUT2D eigenvalue weighted by Crippen LogP contribution is 2.36. The first-order valence-corrected chi connectivity index (χ1v) is 15.9. The summed E-state index contributed by atoms with van der Waals surface area (Å²) in [5.74, 6) is -0.927. The number of unbranched alkanes of at least 4 members (excludes halogenated alkanes) is 1. The number of benzene rings is 3. The van der Waals surface area contributed by atoms with Crippen LogP contribution in [0.4, 0.5) is 11.4 Å². The fourth-order valence-electron chi connectivity index (χ4n) is 4.55. The third-order valence-corrected chi connectivity index (χ3v) is 9.13. The molecule has 2 amide bonds. The zero-order valence-electron chi connectivity index (χ0n) is 25.2. The third kappa shape index (κ3) is 8.48. The van der Waals surface area contributed by atoms with Crippen molar-refractivity contribution >= 4 is 44.8 Å². The van der Waals surface area contributed by atoms with Crippen molar-refractivity contribution in [1.82, 2.24) is 10.2 Å². The number of hydrogen-bond donors (Lipinski definition) is 1. The molecule has 236 valence electrons. The molecule has 44 heavy (non-hydrogen) atoms. The Balaban J connectivity index is 2.09. The molecule has 0 heterocycles. The van der Waals surface area contributed by atoms with Crippen molar-refractivity contribution in [2.75, 3.05) is 31.0 Å². The Morgan fingerprint density at radius 2 is 1.80 bits per heavy atom. The van der Waals surface area contributed by atoms with Crippen molar-refractivity contribution < 1.29 is 27.7 Å². The van der Waals surface area contributed by atoms with Crippen LogP contribution in [0.3, 0.4) is 0 Å². The van der Waals surface area contributed by atoms with E-state index in [0.717, 1.165) is 28.8 Å². The molecule has 0 fully saturated rings.